The van der Waals surface area contributed by atoms with Gasteiger partial charge in [-0.3, -0.25) is 9.78 Å². The van der Waals surface area contributed by atoms with Gasteiger partial charge in [0, 0.05) is 11.6 Å². The van der Waals surface area contributed by atoms with Crippen molar-refractivity contribution in [2.24, 2.45) is 0 Å². The number of nitrogens with one attached hydrogen (secondary N) is 2. The van der Waals surface area contributed by atoms with E-state index in [2.05, 4.69) is 15.0 Å². The highest BCUT2D eigenvalue weighted by Gasteiger charge is 2.14. The third-order valence-corrected chi connectivity index (χ3v) is 4.45. The van der Waals surface area contributed by atoms with Crippen LogP contribution in [0.4, 0.5) is 0 Å². The number of carbonyl (C=O) groups excluding carboxylic acids is 1. The van der Waals surface area contributed by atoms with Crippen molar-refractivity contribution in [3.63, 3.8) is 0 Å². The summed E-state index contributed by atoms with van der Waals surface area (Å²) in [6.45, 7) is -0.187. The number of carbonyl (C=O) groups is 1. The molecule has 2 aromatic rings. The predicted octanol–water partition coefficient (Wildman–Crippen LogP) is 0.809. The number of hydrogen-bond acceptors (Lipinski definition) is 5. The molecule has 0 saturated heterocycles. The van der Waals surface area contributed by atoms with E-state index < -0.39 is 15.9 Å². The number of hydrogen-bond donors (Lipinski definition) is 2. The number of sulfonamides is 1. The van der Waals surface area contributed by atoms with Crippen LogP contribution in [0.3, 0.4) is 0 Å². The smallest absolute Gasteiger partial charge is 0.270 e. The minimum atomic E-state index is -3.57. The minimum Gasteiger partial charge on any atom is -0.337 e. The van der Waals surface area contributed by atoms with Crippen molar-refractivity contribution in [1.82, 2.24) is 15.0 Å². The van der Waals surface area contributed by atoms with E-state index in [1.165, 1.54) is 29.0 Å². The van der Waals surface area contributed by atoms with Crippen LogP contribution in [0.2, 0.25) is 0 Å². The summed E-state index contributed by atoms with van der Waals surface area (Å²) in [7, 11) is -3.57. The van der Waals surface area contributed by atoms with Crippen molar-refractivity contribution in [2.45, 2.75) is 4.90 Å². The lowest BCUT2D eigenvalue weighted by molar-refractivity contribution is 0.0948. The second-order valence-electron chi connectivity index (χ2n) is 3.50. The minimum absolute atomic E-state index is 0.185. The molecule has 19 heavy (non-hydrogen) atoms. The zero-order valence-electron chi connectivity index (χ0n) is 9.74. The maximum atomic E-state index is 11.7. The number of rotatable bonds is 5. The Bertz CT molecular complexity index is 639. The van der Waals surface area contributed by atoms with Gasteiger partial charge in [-0.1, -0.05) is 6.07 Å². The van der Waals surface area contributed by atoms with Crippen molar-refractivity contribution in [3.8, 4) is 0 Å². The maximum absolute atomic E-state index is 11.7. The zero-order valence-corrected chi connectivity index (χ0v) is 11.4. The lowest BCUT2D eigenvalue weighted by Crippen LogP contribution is -2.37. The predicted molar refractivity (Wildman–Crippen MR) is 71.2 cm³/mol. The highest BCUT2D eigenvalue weighted by atomic mass is 32.2. The van der Waals surface area contributed by atoms with Crippen molar-refractivity contribution in [1.29, 1.82) is 0 Å². The molecule has 0 aromatic carbocycles. The van der Waals surface area contributed by atoms with E-state index in [0.29, 0.717) is 0 Å². The van der Waals surface area contributed by atoms with Gasteiger partial charge in [-0.25, -0.2) is 8.42 Å². The molecular formula is C11H11N3O3S2. The molecule has 0 aliphatic heterocycles. The number of aromatic nitrogens is 1. The van der Waals surface area contributed by atoms with Crippen LogP contribution in [0.25, 0.3) is 0 Å². The monoisotopic (exact) mass is 297 g/mol. The number of pyridine rings is 1. The van der Waals surface area contributed by atoms with Crippen LogP contribution in [0.1, 0.15) is 10.5 Å². The van der Waals surface area contributed by atoms with Gasteiger partial charge in [0.15, 0.2) is 0 Å². The summed E-state index contributed by atoms with van der Waals surface area (Å²) in [6, 6.07) is 6.41. The third kappa shape index (κ3) is 3.60. The van der Waals surface area contributed by atoms with Crippen LogP contribution in [0.5, 0.6) is 0 Å². The molecule has 2 aromatic heterocycles. The second-order valence-corrected chi connectivity index (χ2v) is 6.05. The van der Waals surface area contributed by atoms with Gasteiger partial charge in [-0.15, -0.1) is 0 Å². The van der Waals surface area contributed by atoms with Gasteiger partial charge >= 0.3 is 0 Å². The molecule has 1 amide bonds. The van der Waals surface area contributed by atoms with E-state index in [0.717, 1.165) is 0 Å². The van der Waals surface area contributed by atoms with Gasteiger partial charge in [0.25, 0.3) is 5.91 Å². The van der Waals surface area contributed by atoms with Gasteiger partial charge in [0.2, 0.25) is 10.0 Å². The Labute approximate surface area is 114 Å². The van der Waals surface area contributed by atoms with Crippen molar-refractivity contribution >= 4 is 27.3 Å². The number of thiophene rings is 1. The molecule has 0 unspecified atom stereocenters. The Kier molecular flexibility index (Phi) is 4.25. The fraction of sp³-hybridized carbons (Fsp3) is 0.0909. The van der Waals surface area contributed by atoms with Crippen LogP contribution in [-0.4, -0.2) is 26.0 Å². The molecule has 0 spiro atoms. The Morgan fingerprint density at radius 1 is 1.32 bits per heavy atom. The lowest BCUT2D eigenvalue weighted by atomic mass is 10.3. The van der Waals surface area contributed by atoms with Crippen LogP contribution < -0.4 is 10.0 Å². The summed E-state index contributed by atoms with van der Waals surface area (Å²) in [5.41, 5.74) is 0.234. The first kappa shape index (κ1) is 13.7. The first-order valence-corrected chi connectivity index (χ1v) is 7.73. The quantitative estimate of drug-likeness (QED) is 0.799. The fourth-order valence-electron chi connectivity index (χ4n) is 1.29. The zero-order chi connectivity index (χ0) is 13.7. The summed E-state index contributed by atoms with van der Waals surface area (Å²) >= 11 is 1.29. The van der Waals surface area contributed by atoms with Gasteiger partial charge in [-0.05, 0) is 23.6 Å². The van der Waals surface area contributed by atoms with E-state index in [1.807, 2.05) is 0 Å². The van der Waals surface area contributed by atoms with E-state index in [-0.39, 0.29) is 17.3 Å². The lowest BCUT2D eigenvalue weighted by Gasteiger charge is -2.06. The molecule has 8 heteroatoms. The van der Waals surface area contributed by atoms with E-state index >= 15 is 0 Å². The summed E-state index contributed by atoms with van der Waals surface area (Å²) in [6.07, 6.45) is 1.49. The summed E-state index contributed by atoms with van der Waals surface area (Å²) in [5.74, 6) is -0.436. The molecule has 2 heterocycles. The molecule has 0 atom stereocenters. The molecule has 0 saturated carbocycles. The molecule has 2 N–H and O–H groups in total. The Morgan fingerprint density at radius 2 is 2.16 bits per heavy atom. The molecule has 0 aliphatic carbocycles. The highest BCUT2D eigenvalue weighted by Crippen LogP contribution is 2.11. The van der Waals surface area contributed by atoms with Crippen molar-refractivity contribution < 1.29 is 13.2 Å². The molecule has 0 radical (unpaired) electrons. The molecule has 6 nitrogen and oxygen atoms in total. The summed E-state index contributed by atoms with van der Waals surface area (Å²) in [4.78, 5) is 15.7. The van der Waals surface area contributed by atoms with Crippen molar-refractivity contribution in [3.05, 3.63) is 46.9 Å². The first-order valence-electron chi connectivity index (χ1n) is 5.31. The van der Waals surface area contributed by atoms with Crippen LogP contribution in [-0.2, 0) is 10.0 Å². The van der Waals surface area contributed by atoms with Crippen molar-refractivity contribution in [2.75, 3.05) is 6.67 Å². The molecule has 0 aliphatic rings. The summed E-state index contributed by atoms with van der Waals surface area (Å²) in [5, 5.41) is 5.61. The number of amides is 1. The Balaban J connectivity index is 1.89. The van der Waals surface area contributed by atoms with Gasteiger partial charge in [0.05, 0.1) is 11.6 Å². The van der Waals surface area contributed by atoms with E-state index in [1.54, 1.807) is 23.6 Å². The Morgan fingerprint density at radius 3 is 2.79 bits per heavy atom. The standard InChI is InChI=1S/C11H11N3O3S2/c15-11(10-3-1-2-5-12-10)13-8-14-19(16,17)9-4-6-18-7-9/h1-7,14H,8H2,(H,13,15). The molecule has 2 rings (SSSR count). The van der Waals surface area contributed by atoms with Crippen LogP contribution in [0, 0.1) is 0 Å². The first-order chi connectivity index (χ1) is 9.09. The number of nitrogens with zero attached hydrogens (tertiary/aromatic N) is 1. The van der Waals surface area contributed by atoms with Gasteiger partial charge < -0.3 is 5.32 Å². The fourth-order valence-corrected chi connectivity index (χ4v) is 3.24. The van der Waals surface area contributed by atoms with Crippen LogP contribution >= 0.6 is 11.3 Å². The maximum Gasteiger partial charge on any atom is 0.270 e. The van der Waals surface area contributed by atoms with E-state index in [9.17, 15) is 13.2 Å². The largest absolute Gasteiger partial charge is 0.337 e. The van der Waals surface area contributed by atoms with Crippen LogP contribution in [0.15, 0.2) is 46.1 Å². The second kappa shape index (κ2) is 5.91. The molecular weight excluding hydrogens is 286 g/mol. The average Bonchev–Trinajstić information content (AvgIpc) is 2.94. The highest BCUT2D eigenvalue weighted by molar-refractivity contribution is 7.89. The average molecular weight is 297 g/mol. The molecule has 0 bridgehead atoms. The third-order valence-electron chi connectivity index (χ3n) is 2.21. The SMILES string of the molecule is O=C(NCNS(=O)(=O)c1ccsc1)c1ccccn1. The summed E-state index contributed by atoms with van der Waals surface area (Å²) < 4.78 is 25.8. The van der Waals surface area contributed by atoms with E-state index in [4.69, 9.17) is 0 Å². The van der Waals surface area contributed by atoms with Gasteiger partial charge in [0.1, 0.15) is 5.69 Å². The normalized spacial score (nSPS) is 11.2. The Hall–Kier alpha value is -1.77. The molecule has 100 valence electrons. The van der Waals surface area contributed by atoms with Gasteiger partial charge in [-0.2, -0.15) is 16.1 Å². The molecule has 0 fully saturated rings. The topological polar surface area (TPSA) is 88.2 Å².